The zero-order chi connectivity index (χ0) is 24.4. The molecule has 0 fully saturated rings. The minimum absolute atomic E-state index is 0.155. The number of rotatable bonds is 6. The molecule has 0 aliphatic carbocycles. The lowest BCUT2D eigenvalue weighted by Gasteiger charge is -2.16. The molecule has 0 saturated carbocycles. The van der Waals surface area contributed by atoms with E-state index in [1.807, 2.05) is 19.9 Å². The molecule has 11 heteroatoms. The van der Waals surface area contributed by atoms with Crippen LogP contribution in [0.3, 0.4) is 0 Å². The Morgan fingerprint density at radius 3 is 2.42 bits per heavy atom. The van der Waals surface area contributed by atoms with E-state index in [0.29, 0.717) is 5.69 Å². The average Bonchev–Trinajstić information content (AvgIpc) is 3.08. The molecule has 0 radical (unpaired) electrons. The number of nitro benzene ring substituents is 1. The molecule has 1 atom stereocenters. The summed E-state index contributed by atoms with van der Waals surface area (Å²) in [4.78, 5) is 35.4. The Labute approximate surface area is 193 Å². The van der Waals surface area contributed by atoms with Crippen LogP contribution in [0.15, 0.2) is 36.4 Å². The Balaban J connectivity index is 1.74. The van der Waals surface area contributed by atoms with E-state index < -0.39 is 28.4 Å². The lowest BCUT2D eigenvalue weighted by atomic mass is 10.1. The fourth-order valence-electron chi connectivity index (χ4n) is 3.27. The molecule has 0 spiro atoms. The van der Waals surface area contributed by atoms with Gasteiger partial charge < -0.3 is 10.6 Å². The second-order valence-electron chi connectivity index (χ2n) is 7.54. The molecule has 2 N–H and O–H groups in total. The van der Waals surface area contributed by atoms with Gasteiger partial charge in [0.05, 0.1) is 26.9 Å². The Morgan fingerprint density at radius 1 is 1.15 bits per heavy atom. The van der Waals surface area contributed by atoms with Gasteiger partial charge in [-0.2, -0.15) is 5.10 Å². The highest BCUT2D eigenvalue weighted by atomic mass is 35.5. The number of benzene rings is 2. The van der Waals surface area contributed by atoms with Gasteiger partial charge in [0.2, 0.25) is 5.91 Å². The average molecular weight is 474 g/mol. The van der Waals surface area contributed by atoms with Gasteiger partial charge in [-0.15, -0.1) is 0 Å². The van der Waals surface area contributed by atoms with Crippen molar-refractivity contribution >= 4 is 40.5 Å². The van der Waals surface area contributed by atoms with Crippen LogP contribution in [0.1, 0.15) is 40.3 Å². The molecule has 0 aliphatic heterocycles. The summed E-state index contributed by atoms with van der Waals surface area (Å²) >= 11 is 6.26. The van der Waals surface area contributed by atoms with Crippen LogP contribution in [0.2, 0.25) is 5.02 Å². The number of anilines is 2. The molecule has 3 aromatic rings. The molecular formula is C22H21ClFN5O4. The van der Waals surface area contributed by atoms with Crippen LogP contribution in [-0.4, -0.2) is 26.5 Å². The van der Waals surface area contributed by atoms with Crippen molar-refractivity contribution in [3.05, 3.63) is 79.9 Å². The van der Waals surface area contributed by atoms with Gasteiger partial charge in [-0.1, -0.05) is 11.6 Å². The van der Waals surface area contributed by atoms with E-state index >= 15 is 0 Å². The minimum atomic E-state index is -0.859. The molecule has 1 heterocycles. The molecule has 2 aromatic carbocycles. The number of carbonyl (C=O) groups is 2. The van der Waals surface area contributed by atoms with E-state index in [1.54, 1.807) is 11.6 Å². The molecule has 0 bridgehead atoms. The van der Waals surface area contributed by atoms with Gasteiger partial charge in [0.15, 0.2) is 0 Å². The van der Waals surface area contributed by atoms with Gasteiger partial charge in [-0.05, 0) is 58.0 Å². The highest BCUT2D eigenvalue weighted by Gasteiger charge is 2.21. The first kappa shape index (κ1) is 23.9. The number of nitro groups is 1. The number of carbonyl (C=O) groups excluding carboxylic acids is 2. The van der Waals surface area contributed by atoms with E-state index in [1.165, 1.54) is 25.1 Å². The number of aryl methyl sites for hydroxylation is 2. The van der Waals surface area contributed by atoms with Crippen molar-refractivity contribution in [2.75, 3.05) is 10.6 Å². The van der Waals surface area contributed by atoms with Crippen LogP contribution in [0, 0.1) is 36.7 Å². The van der Waals surface area contributed by atoms with Crippen LogP contribution in [-0.2, 0) is 4.79 Å². The first-order valence-corrected chi connectivity index (χ1v) is 10.2. The zero-order valence-electron chi connectivity index (χ0n) is 18.3. The summed E-state index contributed by atoms with van der Waals surface area (Å²) in [6.07, 6.45) is 0. The Bertz CT molecular complexity index is 1270. The fraction of sp³-hybridized carbons (Fsp3) is 0.227. The summed E-state index contributed by atoms with van der Waals surface area (Å²) < 4.78 is 15.6. The van der Waals surface area contributed by atoms with Crippen LogP contribution in [0.25, 0.3) is 0 Å². The normalized spacial score (nSPS) is 11.7. The standard InChI is InChI=1S/C22H21ClFN5O4/c1-11-7-12(2)28(27-11)14(4)21(30)26-19-6-5-16(10-17(19)23)25-22(31)15-8-18(24)13(3)20(9-15)29(32)33/h5-10,14H,1-4H3,(H,25,31)(H,26,30). The third-order valence-corrected chi connectivity index (χ3v) is 5.36. The Hall–Kier alpha value is -3.79. The second-order valence-corrected chi connectivity index (χ2v) is 7.95. The summed E-state index contributed by atoms with van der Waals surface area (Å²) in [7, 11) is 0. The van der Waals surface area contributed by atoms with Gasteiger partial charge in [0.25, 0.3) is 11.6 Å². The highest BCUT2D eigenvalue weighted by molar-refractivity contribution is 6.34. The van der Waals surface area contributed by atoms with Crippen molar-refractivity contribution in [2.24, 2.45) is 0 Å². The molecular weight excluding hydrogens is 453 g/mol. The third kappa shape index (κ3) is 5.17. The predicted molar refractivity (Wildman–Crippen MR) is 122 cm³/mol. The van der Waals surface area contributed by atoms with Crippen LogP contribution in [0.4, 0.5) is 21.5 Å². The summed E-state index contributed by atoms with van der Waals surface area (Å²) in [5.74, 6) is -1.94. The van der Waals surface area contributed by atoms with E-state index in [9.17, 15) is 24.1 Å². The Morgan fingerprint density at radius 2 is 1.85 bits per heavy atom. The third-order valence-electron chi connectivity index (χ3n) is 5.05. The van der Waals surface area contributed by atoms with Crippen molar-refractivity contribution in [2.45, 2.75) is 33.7 Å². The van der Waals surface area contributed by atoms with Crippen molar-refractivity contribution < 1.29 is 18.9 Å². The largest absolute Gasteiger partial charge is 0.323 e. The number of nitrogens with zero attached hydrogens (tertiary/aromatic N) is 3. The predicted octanol–water partition coefficient (Wildman–Crippen LogP) is 4.96. The van der Waals surface area contributed by atoms with Gasteiger partial charge in [-0.3, -0.25) is 24.4 Å². The number of halogens is 2. The van der Waals surface area contributed by atoms with Crippen LogP contribution < -0.4 is 10.6 Å². The van der Waals surface area contributed by atoms with E-state index in [-0.39, 0.29) is 27.7 Å². The molecule has 3 rings (SSSR count). The number of aromatic nitrogens is 2. The molecule has 0 aliphatic rings. The first-order chi connectivity index (χ1) is 15.5. The zero-order valence-corrected chi connectivity index (χ0v) is 19.0. The minimum Gasteiger partial charge on any atom is -0.323 e. The van der Waals surface area contributed by atoms with E-state index in [4.69, 9.17) is 11.6 Å². The summed E-state index contributed by atoms with van der Waals surface area (Å²) in [6, 6.07) is 7.61. The molecule has 172 valence electrons. The second kappa shape index (κ2) is 9.37. The number of amides is 2. The van der Waals surface area contributed by atoms with Crippen molar-refractivity contribution in [1.82, 2.24) is 9.78 Å². The highest BCUT2D eigenvalue weighted by Crippen LogP contribution is 2.28. The molecule has 9 nitrogen and oxygen atoms in total. The smallest absolute Gasteiger partial charge is 0.276 e. The molecule has 2 amide bonds. The van der Waals surface area contributed by atoms with E-state index in [2.05, 4.69) is 15.7 Å². The van der Waals surface area contributed by atoms with Crippen LogP contribution >= 0.6 is 11.6 Å². The van der Waals surface area contributed by atoms with Gasteiger partial charge in [0.1, 0.15) is 11.9 Å². The molecule has 33 heavy (non-hydrogen) atoms. The maximum absolute atomic E-state index is 14.0. The monoisotopic (exact) mass is 473 g/mol. The quantitative estimate of drug-likeness (QED) is 0.387. The topological polar surface area (TPSA) is 119 Å². The molecule has 1 unspecified atom stereocenters. The van der Waals surface area contributed by atoms with Crippen molar-refractivity contribution in [1.29, 1.82) is 0 Å². The van der Waals surface area contributed by atoms with Crippen molar-refractivity contribution in [3.8, 4) is 0 Å². The van der Waals surface area contributed by atoms with Crippen molar-refractivity contribution in [3.63, 3.8) is 0 Å². The SMILES string of the molecule is Cc1cc(C)n(C(C)C(=O)Nc2ccc(NC(=O)c3cc(F)c(C)c([N+](=O)[O-])c3)cc2Cl)n1. The maximum Gasteiger partial charge on any atom is 0.276 e. The van der Waals surface area contributed by atoms with Crippen LogP contribution in [0.5, 0.6) is 0 Å². The molecule has 0 saturated heterocycles. The lowest BCUT2D eigenvalue weighted by molar-refractivity contribution is -0.385. The van der Waals surface area contributed by atoms with Gasteiger partial charge >= 0.3 is 0 Å². The maximum atomic E-state index is 14.0. The van der Waals surface area contributed by atoms with Gasteiger partial charge in [-0.25, -0.2) is 4.39 Å². The number of hydrogen-bond acceptors (Lipinski definition) is 5. The fourth-order valence-corrected chi connectivity index (χ4v) is 3.50. The number of hydrogen-bond donors (Lipinski definition) is 2. The summed E-state index contributed by atoms with van der Waals surface area (Å²) in [5, 5.41) is 20.8. The molecule has 1 aromatic heterocycles. The van der Waals surface area contributed by atoms with Gasteiger partial charge in [0, 0.05) is 23.0 Å². The summed E-state index contributed by atoms with van der Waals surface area (Å²) in [5.41, 5.74) is 1.36. The Kier molecular flexibility index (Phi) is 6.78. The summed E-state index contributed by atoms with van der Waals surface area (Å²) in [6.45, 7) is 6.65. The van der Waals surface area contributed by atoms with E-state index in [0.717, 1.165) is 23.5 Å². The lowest BCUT2D eigenvalue weighted by Crippen LogP contribution is -2.25. The first-order valence-electron chi connectivity index (χ1n) is 9.87. The number of nitrogens with one attached hydrogen (secondary N) is 2.